The molecule has 19 heavy (non-hydrogen) atoms. The van der Waals surface area contributed by atoms with Crippen molar-refractivity contribution in [1.29, 1.82) is 0 Å². The van der Waals surface area contributed by atoms with Gasteiger partial charge in [0.25, 0.3) is 0 Å². The Morgan fingerprint density at radius 2 is 1.84 bits per heavy atom. The second kappa shape index (κ2) is 7.66. The maximum atomic E-state index is 9.58. The Balaban J connectivity index is 2.52. The molecule has 0 heterocycles. The first-order valence-corrected chi connectivity index (χ1v) is 7.45. The van der Waals surface area contributed by atoms with Crippen LogP contribution in [0.15, 0.2) is 24.3 Å². The molecule has 2 heteroatoms. The lowest BCUT2D eigenvalue weighted by Crippen LogP contribution is -2.41. The third-order valence-corrected chi connectivity index (χ3v) is 4.45. The summed E-state index contributed by atoms with van der Waals surface area (Å²) in [5.74, 6) is 0. The summed E-state index contributed by atoms with van der Waals surface area (Å²) < 4.78 is 0. The van der Waals surface area contributed by atoms with Crippen LogP contribution in [0.25, 0.3) is 0 Å². The van der Waals surface area contributed by atoms with Gasteiger partial charge in [0.2, 0.25) is 0 Å². The Morgan fingerprint density at radius 3 is 2.37 bits per heavy atom. The highest BCUT2D eigenvalue weighted by atomic mass is 16.3. The van der Waals surface area contributed by atoms with Crippen LogP contribution in [0.5, 0.6) is 0 Å². The zero-order valence-electron chi connectivity index (χ0n) is 12.9. The predicted molar refractivity (Wildman–Crippen MR) is 82.4 cm³/mol. The second-order valence-electron chi connectivity index (χ2n) is 5.78. The normalized spacial score (nSPS) is 13.5. The smallest absolute Gasteiger partial charge is 0.0499 e. The van der Waals surface area contributed by atoms with Crippen LogP contribution < -0.4 is 5.32 Å². The minimum atomic E-state index is 0.0417. The maximum Gasteiger partial charge on any atom is 0.0499 e. The number of aliphatic hydroxyl groups excluding tert-OH is 1. The second-order valence-corrected chi connectivity index (χ2v) is 5.78. The summed E-state index contributed by atoms with van der Waals surface area (Å²) in [5, 5.41) is 13.2. The number of rotatable bonds is 8. The number of hydrogen-bond acceptors (Lipinski definition) is 2. The Kier molecular flexibility index (Phi) is 6.53. The molecule has 0 spiro atoms. The molecule has 1 atom stereocenters. The van der Waals surface area contributed by atoms with Crippen molar-refractivity contribution in [2.75, 3.05) is 13.2 Å². The van der Waals surface area contributed by atoms with Crippen LogP contribution in [-0.2, 0) is 6.42 Å². The number of aliphatic hydroxyl groups is 1. The van der Waals surface area contributed by atoms with E-state index in [0.717, 1.165) is 25.8 Å². The summed E-state index contributed by atoms with van der Waals surface area (Å²) >= 11 is 0. The lowest BCUT2D eigenvalue weighted by Gasteiger charge is -2.31. The van der Waals surface area contributed by atoms with Crippen molar-refractivity contribution in [3.8, 4) is 0 Å². The van der Waals surface area contributed by atoms with E-state index in [4.69, 9.17) is 0 Å². The van der Waals surface area contributed by atoms with Gasteiger partial charge < -0.3 is 10.4 Å². The van der Waals surface area contributed by atoms with Crippen molar-refractivity contribution in [3.63, 3.8) is 0 Å². The fourth-order valence-electron chi connectivity index (χ4n) is 2.41. The Bertz CT molecular complexity index is 363. The lowest BCUT2D eigenvalue weighted by atomic mass is 9.83. The van der Waals surface area contributed by atoms with Gasteiger partial charge in [-0.25, -0.2) is 0 Å². The van der Waals surface area contributed by atoms with Gasteiger partial charge in [0.15, 0.2) is 0 Å². The van der Waals surface area contributed by atoms with Crippen molar-refractivity contribution in [2.45, 2.75) is 53.0 Å². The van der Waals surface area contributed by atoms with E-state index in [1.807, 2.05) is 0 Å². The SMILES string of the molecule is CCC(CC)(CO)CNC(C)Cc1ccccc1C. The molecule has 0 aliphatic carbocycles. The molecule has 0 fully saturated rings. The summed E-state index contributed by atoms with van der Waals surface area (Å²) in [5.41, 5.74) is 2.81. The van der Waals surface area contributed by atoms with Crippen molar-refractivity contribution in [3.05, 3.63) is 35.4 Å². The van der Waals surface area contributed by atoms with Gasteiger partial charge in [-0.1, -0.05) is 38.1 Å². The minimum absolute atomic E-state index is 0.0417. The molecule has 0 aromatic heterocycles. The molecule has 2 nitrogen and oxygen atoms in total. The molecule has 1 unspecified atom stereocenters. The van der Waals surface area contributed by atoms with Gasteiger partial charge in [-0.3, -0.25) is 0 Å². The number of benzene rings is 1. The van der Waals surface area contributed by atoms with Crippen LogP contribution in [0.3, 0.4) is 0 Å². The zero-order chi connectivity index (χ0) is 14.3. The van der Waals surface area contributed by atoms with Gasteiger partial charge in [0.1, 0.15) is 0 Å². The Labute approximate surface area is 118 Å². The van der Waals surface area contributed by atoms with Crippen molar-refractivity contribution >= 4 is 0 Å². The maximum absolute atomic E-state index is 9.58. The van der Waals surface area contributed by atoms with Crippen LogP contribution in [0, 0.1) is 12.3 Å². The first-order chi connectivity index (χ1) is 9.06. The molecule has 0 aliphatic rings. The van der Waals surface area contributed by atoms with Crippen LogP contribution in [0.2, 0.25) is 0 Å². The van der Waals surface area contributed by atoms with E-state index in [1.54, 1.807) is 0 Å². The van der Waals surface area contributed by atoms with Crippen LogP contribution in [0.4, 0.5) is 0 Å². The highest BCUT2D eigenvalue weighted by molar-refractivity contribution is 5.26. The average molecular weight is 263 g/mol. The molecular formula is C17H29NO. The van der Waals surface area contributed by atoms with E-state index < -0.39 is 0 Å². The summed E-state index contributed by atoms with van der Waals surface area (Å²) in [7, 11) is 0. The van der Waals surface area contributed by atoms with Crippen molar-refractivity contribution < 1.29 is 5.11 Å². The molecule has 0 bridgehead atoms. The Hall–Kier alpha value is -0.860. The first-order valence-electron chi connectivity index (χ1n) is 7.45. The summed E-state index contributed by atoms with van der Waals surface area (Å²) in [6, 6.07) is 8.99. The van der Waals surface area contributed by atoms with Crippen molar-refractivity contribution in [1.82, 2.24) is 5.32 Å². The molecule has 0 saturated heterocycles. The van der Waals surface area contributed by atoms with Crippen LogP contribution in [0.1, 0.15) is 44.7 Å². The third kappa shape index (κ3) is 4.63. The molecule has 1 aromatic carbocycles. The van der Waals surface area contributed by atoms with Gasteiger partial charge in [-0.15, -0.1) is 0 Å². The topological polar surface area (TPSA) is 32.3 Å². The molecule has 1 aromatic rings. The molecule has 2 N–H and O–H groups in total. The van der Waals surface area contributed by atoms with Crippen molar-refractivity contribution in [2.24, 2.45) is 5.41 Å². The van der Waals surface area contributed by atoms with E-state index in [2.05, 4.69) is 57.3 Å². The molecular weight excluding hydrogens is 234 g/mol. The van der Waals surface area contributed by atoms with E-state index in [0.29, 0.717) is 6.04 Å². The van der Waals surface area contributed by atoms with E-state index in [1.165, 1.54) is 11.1 Å². The zero-order valence-corrected chi connectivity index (χ0v) is 12.9. The van der Waals surface area contributed by atoms with Gasteiger partial charge in [-0.2, -0.15) is 0 Å². The predicted octanol–water partition coefficient (Wildman–Crippen LogP) is 3.31. The molecule has 108 valence electrons. The number of aryl methyl sites for hydroxylation is 1. The first kappa shape index (κ1) is 16.2. The van der Waals surface area contributed by atoms with Gasteiger partial charge in [0.05, 0.1) is 0 Å². The third-order valence-electron chi connectivity index (χ3n) is 4.45. The fourth-order valence-corrected chi connectivity index (χ4v) is 2.41. The van der Waals surface area contributed by atoms with Gasteiger partial charge in [-0.05, 0) is 44.2 Å². The minimum Gasteiger partial charge on any atom is -0.396 e. The molecule has 0 radical (unpaired) electrons. The van der Waals surface area contributed by atoms with E-state index in [-0.39, 0.29) is 12.0 Å². The fraction of sp³-hybridized carbons (Fsp3) is 0.647. The summed E-state index contributed by atoms with van der Waals surface area (Å²) in [6.07, 6.45) is 3.08. The quantitative estimate of drug-likeness (QED) is 0.754. The average Bonchev–Trinajstić information content (AvgIpc) is 2.44. The standard InChI is InChI=1S/C17H29NO/c1-5-17(6-2,13-19)12-18-15(4)11-16-10-8-7-9-14(16)3/h7-10,15,18-19H,5-6,11-13H2,1-4H3. The highest BCUT2D eigenvalue weighted by Crippen LogP contribution is 2.24. The van der Waals surface area contributed by atoms with E-state index >= 15 is 0 Å². The summed E-state index contributed by atoms with van der Waals surface area (Å²) in [4.78, 5) is 0. The van der Waals surface area contributed by atoms with Gasteiger partial charge in [0, 0.05) is 24.6 Å². The van der Waals surface area contributed by atoms with E-state index in [9.17, 15) is 5.11 Å². The monoisotopic (exact) mass is 263 g/mol. The molecule has 0 saturated carbocycles. The van der Waals surface area contributed by atoms with Crippen LogP contribution in [-0.4, -0.2) is 24.3 Å². The lowest BCUT2D eigenvalue weighted by molar-refractivity contribution is 0.110. The van der Waals surface area contributed by atoms with Crippen LogP contribution >= 0.6 is 0 Å². The molecule has 0 amide bonds. The number of nitrogens with one attached hydrogen (secondary N) is 1. The number of hydrogen-bond donors (Lipinski definition) is 2. The summed E-state index contributed by atoms with van der Waals surface area (Å²) in [6.45, 7) is 9.87. The highest BCUT2D eigenvalue weighted by Gasteiger charge is 2.25. The molecule has 0 aliphatic heterocycles. The molecule has 1 rings (SSSR count). The Morgan fingerprint density at radius 1 is 1.21 bits per heavy atom. The largest absolute Gasteiger partial charge is 0.396 e. The van der Waals surface area contributed by atoms with Gasteiger partial charge >= 0.3 is 0 Å².